The number of aryl methyl sites for hydroxylation is 2. The number of carbonyl (C=O) groups is 2. The van der Waals surface area contributed by atoms with Gasteiger partial charge in [-0.2, -0.15) is 0 Å². The lowest BCUT2D eigenvalue weighted by Gasteiger charge is -2.25. The molecule has 0 spiro atoms. The fraction of sp³-hybridized carbons (Fsp3) is 0.286. The summed E-state index contributed by atoms with van der Waals surface area (Å²) in [4.78, 5) is 29.0. The van der Waals surface area contributed by atoms with Crippen LogP contribution in [-0.2, 0) is 9.59 Å². The van der Waals surface area contributed by atoms with Gasteiger partial charge in [-0.15, -0.1) is 11.3 Å². The highest BCUT2D eigenvalue weighted by atomic mass is 32.1. The number of carbonyl (C=O) groups excluding carboxylic acids is 2. The van der Waals surface area contributed by atoms with Gasteiger partial charge in [0.2, 0.25) is 0 Å². The van der Waals surface area contributed by atoms with Gasteiger partial charge in [-0.25, -0.2) is 0 Å². The van der Waals surface area contributed by atoms with Crippen molar-refractivity contribution >= 4 is 34.5 Å². The van der Waals surface area contributed by atoms with Crippen LogP contribution in [0.25, 0.3) is 5.76 Å². The number of hydrogen-bond acceptors (Lipinski definition) is 7. The molecule has 7 nitrogen and oxygen atoms in total. The molecule has 1 amide bonds. The Morgan fingerprint density at radius 1 is 0.972 bits per heavy atom. The van der Waals surface area contributed by atoms with Crippen LogP contribution in [0.2, 0.25) is 0 Å². The molecule has 1 fully saturated rings. The average Bonchev–Trinajstić information content (AvgIpc) is 3.42. The van der Waals surface area contributed by atoms with E-state index < -0.39 is 17.7 Å². The quantitative estimate of drug-likeness (QED) is 0.236. The highest BCUT2D eigenvalue weighted by molar-refractivity contribution is 7.10. The summed E-state index contributed by atoms with van der Waals surface area (Å²) in [5, 5.41) is 13.3. The Morgan fingerprint density at radius 3 is 2.31 bits per heavy atom. The van der Waals surface area contributed by atoms with E-state index in [9.17, 15) is 14.7 Å². The Labute approximate surface area is 214 Å². The van der Waals surface area contributed by atoms with Gasteiger partial charge in [0.25, 0.3) is 11.7 Å². The molecule has 2 aromatic carbocycles. The van der Waals surface area contributed by atoms with Gasteiger partial charge in [0.15, 0.2) is 11.5 Å². The van der Waals surface area contributed by atoms with E-state index in [1.54, 1.807) is 36.4 Å². The van der Waals surface area contributed by atoms with Crippen molar-refractivity contribution in [1.82, 2.24) is 0 Å². The number of amides is 1. The molecule has 188 valence electrons. The zero-order valence-corrected chi connectivity index (χ0v) is 21.8. The van der Waals surface area contributed by atoms with Gasteiger partial charge < -0.3 is 19.3 Å². The van der Waals surface area contributed by atoms with Gasteiger partial charge >= 0.3 is 0 Å². The normalized spacial score (nSPS) is 16.9. The highest BCUT2D eigenvalue weighted by Gasteiger charge is 2.48. The molecule has 36 heavy (non-hydrogen) atoms. The number of benzene rings is 2. The molecule has 0 saturated carbocycles. The van der Waals surface area contributed by atoms with Crippen molar-refractivity contribution in [3.05, 3.63) is 75.0 Å². The van der Waals surface area contributed by atoms with Crippen molar-refractivity contribution in [3.8, 4) is 17.2 Å². The predicted octanol–water partition coefficient (Wildman–Crippen LogP) is 5.80. The fourth-order valence-electron chi connectivity index (χ4n) is 4.31. The molecule has 1 saturated heterocycles. The van der Waals surface area contributed by atoms with Crippen LogP contribution in [-0.4, -0.2) is 37.6 Å². The first kappa shape index (κ1) is 25.3. The Kier molecular flexibility index (Phi) is 7.35. The molecule has 0 radical (unpaired) electrons. The third kappa shape index (κ3) is 4.44. The number of hydrogen-bond donors (Lipinski definition) is 1. The Morgan fingerprint density at radius 2 is 1.69 bits per heavy atom. The molecule has 1 atom stereocenters. The molecule has 3 aromatic rings. The lowest BCUT2D eigenvalue weighted by Crippen LogP contribution is -2.29. The minimum absolute atomic E-state index is 0.0435. The van der Waals surface area contributed by atoms with Crippen LogP contribution in [0.4, 0.5) is 5.69 Å². The highest BCUT2D eigenvalue weighted by Crippen LogP contribution is 2.46. The molecule has 1 aliphatic heterocycles. The third-order valence-electron chi connectivity index (χ3n) is 6.15. The van der Waals surface area contributed by atoms with E-state index in [1.165, 1.54) is 30.5 Å². The summed E-state index contributed by atoms with van der Waals surface area (Å²) >= 11 is 1.43. The molecule has 1 aliphatic rings. The van der Waals surface area contributed by atoms with Crippen molar-refractivity contribution < 1.29 is 28.9 Å². The third-order valence-corrected chi connectivity index (χ3v) is 7.22. The predicted molar refractivity (Wildman–Crippen MR) is 140 cm³/mol. The number of rotatable bonds is 8. The number of ether oxygens (including phenoxy) is 3. The average molecular weight is 508 g/mol. The molecule has 1 N–H and O–H groups in total. The molecule has 1 aromatic heterocycles. The first-order chi connectivity index (χ1) is 17.3. The summed E-state index contributed by atoms with van der Waals surface area (Å²) in [5.41, 5.74) is 2.70. The van der Waals surface area contributed by atoms with Gasteiger partial charge in [0.05, 0.1) is 26.4 Å². The van der Waals surface area contributed by atoms with Crippen LogP contribution in [0.15, 0.2) is 53.4 Å². The zero-order valence-electron chi connectivity index (χ0n) is 21.0. The standard InChI is InChI=1S/C28H29NO6S/c1-6-12-35-20-9-7-18(14-17(20)3)25(30)23-24(27-16(2)11-13-36-27)29(28(32)26(23)31)19-8-10-21(33-4)22(15-19)34-5/h7-11,13-15,24,30H,6,12H2,1-5H3/b25-23-. The number of Topliss-reactive ketones (excluding diaryl/α,β-unsaturated/α-hetero) is 1. The maximum absolute atomic E-state index is 13.4. The second-order valence-electron chi connectivity index (χ2n) is 8.50. The van der Waals surface area contributed by atoms with E-state index in [4.69, 9.17) is 14.2 Å². The van der Waals surface area contributed by atoms with Crippen molar-refractivity contribution in [1.29, 1.82) is 0 Å². The number of aliphatic hydroxyl groups excluding tert-OH is 1. The van der Waals surface area contributed by atoms with Crippen LogP contribution in [0, 0.1) is 13.8 Å². The number of aliphatic hydroxyl groups is 1. The van der Waals surface area contributed by atoms with E-state index in [0.29, 0.717) is 35.1 Å². The minimum Gasteiger partial charge on any atom is -0.507 e. The van der Waals surface area contributed by atoms with E-state index in [1.807, 2.05) is 32.2 Å². The Hall–Kier alpha value is -3.78. The second kappa shape index (κ2) is 10.5. The van der Waals surface area contributed by atoms with Gasteiger partial charge in [0.1, 0.15) is 17.6 Å². The summed E-state index contributed by atoms with van der Waals surface area (Å²) < 4.78 is 16.5. The summed E-state index contributed by atoms with van der Waals surface area (Å²) in [5.74, 6) is -0.0475. The molecule has 0 bridgehead atoms. The first-order valence-corrected chi connectivity index (χ1v) is 12.5. The van der Waals surface area contributed by atoms with Crippen molar-refractivity contribution in [3.63, 3.8) is 0 Å². The van der Waals surface area contributed by atoms with Crippen LogP contribution >= 0.6 is 11.3 Å². The molecule has 0 aliphatic carbocycles. The van der Waals surface area contributed by atoms with Crippen molar-refractivity contribution in [2.75, 3.05) is 25.7 Å². The zero-order chi connectivity index (χ0) is 26.0. The van der Waals surface area contributed by atoms with Gasteiger partial charge in [-0.3, -0.25) is 14.5 Å². The largest absolute Gasteiger partial charge is 0.507 e. The number of nitrogens with zero attached hydrogens (tertiary/aromatic N) is 1. The number of methoxy groups -OCH3 is 2. The van der Waals surface area contributed by atoms with Crippen LogP contribution in [0.5, 0.6) is 17.2 Å². The summed E-state index contributed by atoms with van der Waals surface area (Å²) in [6.45, 7) is 6.41. The molecule has 2 heterocycles. The SMILES string of the molecule is CCCOc1ccc(/C(O)=C2/C(=O)C(=O)N(c3ccc(OC)c(OC)c3)C2c2sccc2C)cc1C. The van der Waals surface area contributed by atoms with Crippen molar-refractivity contribution in [2.24, 2.45) is 0 Å². The molecule has 8 heteroatoms. The fourth-order valence-corrected chi connectivity index (χ4v) is 5.34. The molecular formula is C28H29NO6S. The van der Waals surface area contributed by atoms with Crippen LogP contribution in [0.1, 0.15) is 41.0 Å². The van der Waals surface area contributed by atoms with Gasteiger partial charge in [-0.05, 0) is 73.2 Å². The molecule has 1 unspecified atom stereocenters. The number of ketones is 1. The van der Waals surface area contributed by atoms with Gasteiger partial charge in [0, 0.05) is 22.2 Å². The van der Waals surface area contributed by atoms with E-state index in [0.717, 1.165) is 22.4 Å². The Balaban J connectivity index is 1.88. The Bertz CT molecular complexity index is 1340. The minimum atomic E-state index is -0.792. The lowest BCUT2D eigenvalue weighted by molar-refractivity contribution is -0.132. The summed E-state index contributed by atoms with van der Waals surface area (Å²) in [6.07, 6.45) is 0.876. The van der Waals surface area contributed by atoms with E-state index in [2.05, 4.69) is 0 Å². The lowest BCUT2D eigenvalue weighted by atomic mass is 9.97. The molecular weight excluding hydrogens is 478 g/mol. The summed E-state index contributed by atoms with van der Waals surface area (Å²) in [6, 6.07) is 11.4. The van der Waals surface area contributed by atoms with Crippen LogP contribution in [0.3, 0.4) is 0 Å². The monoisotopic (exact) mass is 507 g/mol. The van der Waals surface area contributed by atoms with Crippen molar-refractivity contribution in [2.45, 2.75) is 33.2 Å². The first-order valence-electron chi connectivity index (χ1n) is 11.6. The summed E-state index contributed by atoms with van der Waals surface area (Å²) in [7, 11) is 3.03. The smallest absolute Gasteiger partial charge is 0.300 e. The maximum atomic E-state index is 13.4. The second-order valence-corrected chi connectivity index (χ2v) is 9.45. The van der Waals surface area contributed by atoms with Gasteiger partial charge in [-0.1, -0.05) is 6.92 Å². The van der Waals surface area contributed by atoms with Crippen LogP contribution < -0.4 is 19.1 Å². The topological polar surface area (TPSA) is 85.3 Å². The number of thiophene rings is 1. The maximum Gasteiger partial charge on any atom is 0.300 e. The molecule has 4 rings (SSSR count). The van der Waals surface area contributed by atoms with E-state index >= 15 is 0 Å². The van der Waals surface area contributed by atoms with E-state index in [-0.39, 0.29) is 11.3 Å². The number of anilines is 1.